The maximum absolute atomic E-state index is 11.9. The molecule has 0 aliphatic carbocycles. The second kappa shape index (κ2) is 7.14. The highest BCUT2D eigenvalue weighted by molar-refractivity contribution is 6.04. The molecule has 2 rings (SSSR count). The van der Waals surface area contributed by atoms with E-state index in [0.717, 1.165) is 5.69 Å². The van der Waals surface area contributed by atoms with Gasteiger partial charge in [-0.05, 0) is 12.1 Å². The summed E-state index contributed by atoms with van der Waals surface area (Å²) in [6, 6.07) is 14.5. The van der Waals surface area contributed by atoms with Crippen molar-refractivity contribution in [3.63, 3.8) is 0 Å². The average molecular weight is 283 g/mol. The Morgan fingerprint density at radius 3 is 2.48 bits per heavy atom. The van der Waals surface area contributed by atoms with E-state index >= 15 is 0 Å². The standard InChI is InChI=1S/C17H17NO3/c1-20-14-8-9-15(17(12-14)21-2)18-11-10-16(19)13-6-4-3-5-7-13/h3-12,18H,1-2H3/b11-10+. The first-order chi connectivity index (χ1) is 10.2. The lowest BCUT2D eigenvalue weighted by Crippen LogP contribution is -1.97. The minimum Gasteiger partial charge on any atom is -0.497 e. The number of rotatable bonds is 6. The van der Waals surface area contributed by atoms with Crippen molar-refractivity contribution in [1.29, 1.82) is 0 Å². The van der Waals surface area contributed by atoms with Crippen LogP contribution in [0.25, 0.3) is 0 Å². The monoisotopic (exact) mass is 283 g/mol. The first-order valence-corrected chi connectivity index (χ1v) is 6.49. The number of hydrogen-bond acceptors (Lipinski definition) is 4. The summed E-state index contributed by atoms with van der Waals surface area (Å²) < 4.78 is 10.4. The Balaban J connectivity index is 2.06. The van der Waals surface area contributed by atoms with Crippen LogP contribution in [0, 0.1) is 0 Å². The zero-order chi connectivity index (χ0) is 15.1. The van der Waals surface area contributed by atoms with Crippen molar-refractivity contribution in [2.75, 3.05) is 19.5 Å². The van der Waals surface area contributed by atoms with Crippen molar-refractivity contribution in [2.45, 2.75) is 0 Å². The fourth-order valence-corrected chi connectivity index (χ4v) is 1.82. The number of hydrogen-bond donors (Lipinski definition) is 1. The Kier molecular flexibility index (Phi) is 4.99. The van der Waals surface area contributed by atoms with Gasteiger partial charge in [0.2, 0.25) is 0 Å². The molecule has 0 aliphatic rings. The molecule has 0 saturated carbocycles. The average Bonchev–Trinajstić information content (AvgIpc) is 2.55. The summed E-state index contributed by atoms with van der Waals surface area (Å²) in [7, 11) is 3.18. The largest absolute Gasteiger partial charge is 0.497 e. The van der Waals surface area contributed by atoms with Crippen LogP contribution in [0.3, 0.4) is 0 Å². The van der Waals surface area contributed by atoms with Gasteiger partial charge in [-0.15, -0.1) is 0 Å². The summed E-state index contributed by atoms with van der Waals surface area (Å²) in [4.78, 5) is 11.9. The van der Waals surface area contributed by atoms with Crippen molar-refractivity contribution < 1.29 is 14.3 Å². The molecule has 0 radical (unpaired) electrons. The van der Waals surface area contributed by atoms with Crippen LogP contribution in [-0.2, 0) is 0 Å². The molecule has 0 heterocycles. The van der Waals surface area contributed by atoms with Crippen LogP contribution in [0.1, 0.15) is 10.4 Å². The molecule has 1 N–H and O–H groups in total. The van der Waals surface area contributed by atoms with Crippen molar-refractivity contribution in [2.24, 2.45) is 0 Å². The van der Waals surface area contributed by atoms with E-state index in [1.54, 1.807) is 38.6 Å². The minimum atomic E-state index is -0.0596. The van der Waals surface area contributed by atoms with E-state index in [9.17, 15) is 4.79 Å². The topological polar surface area (TPSA) is 47.6 Å². The second-order valence-electron chi connectivity index (χ2n) is 4.27. The molecule has 0 aromatic heterocycles. The summed E-state index contributed by atoms with van der Waals surface area (Å²) in [5.74, 6) is 1.29. The van der Waals surface area contributed by atoms with E-state index in [1.165, 1.54) is 6.08 Å². The van der Waals surface area contributed by atoms with Gasteiger partial charge in [-0.2, -0.15) is 0 Å². The van der Waals surface area contributed by atoms with Gasteiger partial charge in [-0.25, -0.2) is 0 Å². The number of benzene rings is 2. The summed E-state index contributed by atoms with van der Waals surface area (Å²) in [6.07, 6.45) is 3.08. The molecule has 0 saturated heterocycles. The molecule has 4 heteroatoms. The van der Waals surface area contributed by atoms with E-state index < -0.39 is 0 Å². The number of nitrogens with one attached hydrogen (secondary N) is 1. The number of carbonyl (C=O) groups excluding carboxylic acids is 1. The number of ether oxygens (including phenoxy) is 2. The predicted molar refractivity (Wildman–Crippen MR) is 83.1 cm³/mol. The molecule has 0 fully saturated rings. The lowest BCUT2D eigenvalue weighted by Gasteiger charge is -2.09. The highest BCUT2D eigenvalue weighted by Gasteiger charge is 2.04. The van der Waals surface area contributed by atoms with Gasteiger partial charge in [-0.1, -0.05) is 30.3 Å². The number of allylic oxidation sites excluding steroid dienone is 1. The van der Waals surface area contributed by atoms with Gasteiger partial charge in [0.05, 0.1) is 19.9 Å². The second-order valence-corrected chi connectivity index (χ2v) is 4.27. The number of anilines is 1. The van der Waals surface area contributed by atoms with Crippen LogP contribution in [0.5, 0.6) is 11.5 Å². The van der Waals surface area contributed by atoms with Gasteiger partial charge in [0.15, 0.2) is 5.78 Å². The molecule has 0 aliphatic heterocycles. The van der Waals surface area contributed by atoms with Crippen molar-refractivity contribution in [3.05, 3.63) is 66.4 Å². The third-order valence-corrected chi connectivity index (χ3v) is 2.94. The Morgan fingerprint density at radius 1 is 1.05 bits per heavy atom. The SMILES string of the molecule is COc1ccc(N/C=C/C(=O)c2ccccc2)c(OC)c1. The zero-order valence-corrected chi connectivity index (χ0v) is 12.0. The van der Waals surface area contributed by atoms with Crippen LogP contribution in [-0.4, -0.2) is 20.0 Å². The highest BCUT2D eigenvalue weighted by Crippen LogP contribution is 2.28. The summed E-state index contributed by atoms with van der Waals surface area (Å²) in [6.45, 7) is 0. The van der Waals surface area contributed by atoms with Crippen LogP contribution in [0.15, 0.2) is 60.8 Å². The fourth-order valence-electron chi connectivity index (χ4n) is 1.82. The first kappa shape index (κ1) is 14.7. The van der Waals surface area contributed by atoms with Gasteiger partial charge in [0.1, 0.15) is 11.5 Å². The minimum absolute atomic E-state index is 0.0596. The van der Waals surface area contributed by atoms with Gasteiger partial charge in [0, 0.05) is 23.9 Å². The zero-order valence-electron chi connectivity index (χ0n) is 12.0. The number of ketones is 1. The van der Waals surface area contributed by atoms with E-state index in [4.69, 9.17) is 9.47 Å². The number of methoxy groups -OCH3 is 2. The lowest BCUT2D eigenvalue weighted by molar-refractivity contribution is 0.104. The van der Waals surface area contributed by atoms with Gasteiger partial charge < -0.3 is 14.8 Å². The molecular weight excluding hydrogens is 266 g/mol. The predicted octanol–water partition coefficient (Wildman–Crippen LogP) is 3.51. The molecule has 0 amide bonds. The maximum atomic E-state index is 11.9. The smallest absolute Gasteiger partial charge is 0.187 e. The van der Waals surface area contributed by atoms with Crippen LogP contribution in [0.2, 0.25) is 0 Å². The van der Waals surface area contributed by atoms with E-state index in [2.05, 4.69) is 5.32 Å². The van der Waals surface area contributed by atoms with Crippen LogP contribution < -0.4 is 14.8 Å². The molecule has 0 spiro atoms. The van der Waals surface area contributed by atoms with Gasteiger partial charge in [-0.3, -0.25) is 4.79 Å². The number of carbonyl (C=O) groups is 1. The highest BCUT2D eigenvalue weighted by atomic mass is 16.5. The van der Waals surface area contributed by atoms with Crippen LogP contribution in [0.4, 0.5) is 5.69 Å². The molecule has 2 aromatic carbocycles. The molecule has 0 unspecified atom stereocenters. The Labute approximate surface area is 124 Å². The van der Waals surface area contributed by atoms with Gasteiger partial charge in [0.25, 0.3) is 0 Å². The van der Waals surface area contributed by atoms with Crippen molar-refractivity contribution in [1.82, 2.24) is 0 Å². The molecule has 0 bridgehead atoms. The molecule has 0 atom stereocenters. The lowest BCUT2D eigenvalue weighted by atomic mass is 10.1. The van der Waals surface area contributed by atoms with E-state index in [-0.39, 0.29) is 5.78 Å². The molecule has 2 aromatic rings. The Hall–Kier alpha value is -2.75. The third kappa shape index (κ3) is 3.86. The van der Waals surface area contributed by atoms with E-state index in [1.807, 2.05) is 30.3 Å². The van der Waals surface area contributed by atoms with Crippen LogP contribution >= 0.6 is 0 Å². The summed E-state index contributed by atoms with van der Waals surface area (Å²) >= 11 is 0. The normalized spacial score (nSPS) is 10.4. The molecule has 21 heavy (non-hydrogen) atoms. The Morgan fingerprint density at radius 2 is 1.81 bits per heavy atom. The first-order valence-electron chi connectivity index (χ1n) is 6.49. The Bertz CT molecular complexity index is 636. The molecule has 4 nitrogen and oxygen atoms in total. The fraction of sp³-hybridized carbons (Fsp3) is 0.118. The molecule has 108 valence electrons. The van der Waals surface area contributed by atoms with Crippen molar-refractivity contribution in [3.8, 4) is 11.5 Å². The van der Waals surface area contributed by atoms with E-state index in [0.29, 0.717) is 17.1 Å². The quantitative estimate of drug-likeness (QED) is 0.651. The maximum Gasteiger partial charge on any atom is 0.187 e. The van der Waals surface area contributed by atoms with Gasteiger partial charge >= 0.3 is 0 Å². The summed E-state index contributed by atoms with van der Waals surface area (Å²) in [5, 5.41) is 3.03. The van der Waals surface area contributed by atoms with Crippen molar-refractivity contribution >= 4 is 11.5 Å². The molecular formula is C17H17NO3. The summed E-state index contributed by atoms with van der Waals surface area (Å²) in [5.41, 5.74) is 1.41. The third-order valence-electron chi connectivity index (χ3n) is 2.94.